The van der Waals surface area contributed by atoms with Gasteiger partial charge in [0.15, 0.2) is 0 Å². The third-order valence-corrected chi connectivity index (χ3v) is 1.88. The molecule has 0 bridgehead atoms. The van der Waals surface area contributed by atoms with Crippen molar-refractivity contribution in [2.75, 3.05) is 0 Å². The zero-order chi connectivity index (χ0) is 8.97. The van der Waals surface area contributed by atoms with Crippen molar-refractivity contribution in [3.63, 3.8) is 0 Å². The van der Waals surface area contributed by atoms with Crippen LogP contribution in [0.1, 0.15) is 24.2 Å². The molecule has 2 nitrogen and oxygen atoms in total. The van der Waals surface area contributed by atoms with E-state index in [1.54, 1.807) is 12.3 Å². The van der Waals surface area contributed by atoms with E-state index in [1.807, 2.05) is 12.1 Å². The number of rotatable bonds is 3. The predicted octanol–water partition coefficient (Wildman–Crippen LogP) is 1.83. The lowest BCUT2D eigenvalue weighted by Crippen LogP contribution is -2.11. The van der Waals surface area contributed by atoms with Crippen LogP contribution in [0, 0.1) is 0 Å². The van der Waals surface area contributed by atoms with Gasteiger partial charge in [-0.25, -0.2) is 0 Å². The first-order valence-electron chi connectivity index (χ1n) is 4.11. The molecule has 0 saturated carbocycles. The van der Waals surface area contributed by atoms with Gasteiger partial charge in [-0.1, -0.05) is 19.1 Å². The van der Waals surface area contributed by atoms with Crippen molar-refractivity contribution in [2.24, 2.45) is 5.73 Å². The van der Waals surface area contributed by atoms with Crippen molar-refractivity contribution in [3.8, 4) is 0 Å². The standard InChI is InChI=1S/C10H14N2/c1-3-8-6-5-7-12-10(8)9(11)4-2/h4-7,9H,2-3,11H2,1H3/t9-/m1/s1. The Morgan fingerprint density at radius 1 is 1.75 bits per heavy atom. The van der Waals surface area contributed by atoms with Gasteiger partial charge in [0.1, 0.15) is 0 Å². The topological polar surface area (TPSA) is 38.9 Å². The van der Waals surface area contributed by atoms with E-state index in [9.17, 15) is 0 Å². The molecule has 0 unspecified atom stereocenters. The van der Waals surface area contributed by atoms with Gasteiger partial charge in [0.2, 0.25) is 0 Å². The predicted molar refractivity (Wildman–Crippen MR) is 50.7 cm³/mol. The number of pyridine rings is 1. The Hall–Kier alpha value is -1.15. The zero-order valence-corrected chi connectivity index (χ0v) is 7.33. The minimum Gasteiger partial charge on any atom is -0.319 e. The number of hydrogen-bond acceptors (Lipinski definition) is 2. The van der Waals surface area contributed by atoms with Gasteiger partial charge in [0.25, 0.3) is 0 Å². The summed E-state index contributed by atoms with van der Waals surface area (Å²) in [5.41, 5.74) is 7.93. The van der Waals surface area contributed by atoms with E-state index in [1.165, 1.54) is 5.56 Å². The molecule has 0 aliphatic heterocycles. The van der Waals surface area contributed by atoms with Crippen LogP contribution in [-0.2, 0) is 6.42 Å². The Balaban J connectivity index is 3.04. The van der Waals surface area contributed by atoms with E-state index < -0.39 is 0 Å². The summed E-state index contributed by atoms with van der Waals surface area (Å²) in [4.78, 5) is 4.22. The second kappa shape index (κ2) is 4.02. The second-order valence-corrected chi connectivity index (χ2v) is 2.66. The highest BCUT2D eigenvalue weighted by atomic mass is 14.8. The van der Waals surface area contributed by atoms with Gasteiger partial charge >= 0.3 is 0 Å². The molecule has 0 aliphatic rings. The normalized spacial score (nSPS) is 12.5. The van der Waals surface area contributed by atoms with E-state index in [2.05, 4.69) is 18.5 Å². The monoisotopic (exact) mass is 162 g/mol. The first kappa shape index (κ1) is 8.94. The summed E-state index contributed by atoms with van der Waals surface area (Å²) in [6.07, 6.45) is 4.43. The van der Waals surface area contributed by atoms with Crippen molar-refractivity contribution >= 4 is 0 Å². The zero-order valence-electron chi connectivity index (χ0n) is 7.33. The maximum Gasteiger partial charge on any atom is 0.0656 e. The Morgan fingerprint density at radius 3 is 3.08 bits per heavy atom. The molecule has 0 saturated heterocycles. The Labute approximate surface area is 73.1 Å². The minimum atomic E-state index is -0.138. The largest absolute Gasteiger partial charge is 0.319 e. The van der Waals surface area contributed by atoms with Gasteiger partial charge in [-0.05, 0) is 18.1 Å². The van der Waals surface area contributed by atoms with Gasteiger partial charge < -0.3 is 5.73 Å². The summed E-state index contributed by atoms with van der Waals surface area (Å²) in [5.74, 6) is 0. The number of aryl methyl sites for hydroxylation is 1. The van der Waals surface area contributed by atoms with Crippen LogP contribution in [0.15, 0.2) is 31.0 Å². The van der Waals surface area contributed by atoms with E-state index in [0.29, 0.717) is 0 Å². The SMILES string of the molecule is C=C[C@@H](N)c1ncccc1CC. The van der Waals surface area contributed by atoms with E-state index in [0.717, 1.165) is 12.1 Å². The van der Waals surface area contributed by atoms with Crippen LogP contribution < -0.4 is 5.73 Å². The molecule has 0 fully saturated rings. The van der Waals surface area contributed by atoms with Crippen molar-refractivity contribution in [2.45, 2.75) is 19.4 Å². The third-order valence-electron chi connectivity index (χ3n) is 1.88. The molecule has 64 valence electrons. The van der Waals surface area contributed by atoms with Crippen molar-refractivity contribution in [1.29, 1.82) is 0 Å². The van der Waals surface area contributed by atoms with E-state index in [-0.39, 0.29) is 6.04 Å². The van der Waals surface area contributed by atoms with Crippen LogP contribution >= 0.6 is 0 Å². The molecule has 1 atom stereocenters. The number of nitrogens with two attached hydrogens (primary N) is 1. The van der Waals surface area contributed by atoms with Gasteiger partial charge in [0, 0.05) is 6.20 Å². The number of nitrogens with zero attached hydrogens (tertiary/aromatic N) is 1. The summed E-state index contributed by atoms with van der Waals surface area (Å²) in [7, 11) is 0. The lowest BCUT2D eigenvalue weighted by atomic mass is 10.1. The quantitative estimate of drug-likeness (QED) is 0.689. The number of aromatic nitrogens is 1. The van der Waals surface area contributed by atoms with Gasteiger partial charge in [-0.3, -0.25) is 4.98 Å². The smallest absolute Gasteiger partial charge is 0.0656 e. The average molecular weight is 162 g/mol. The molecule has 12 heavy (non-hydrogen) atoms. The van der Waals surface area contributed by atoms with Gasteiger partial charge in [0.05, 0.1) is 11.7 Å². The Bertz CT molecular complexity index is 268. The summed E-state index contributed by atoms with van der Waals surface area (Å²) in [5, 5.41) is 0. The molecular weight excluding hydrogens is 148 g/mol. The van der Waals surface area contributed by atoms with Crippen LogP contribution in [0.25, 0.3) is 0 Å². The molecule has 0 spiro atoms. The second-order valence-electron chi connectivity index (χ2n) is 2.66. The molecule has 0 radical (unpaired) electrons. The molecule has 1 aromatic rings. The fraction of sp³-hybridized carbons (Fsp3) is 0.300. The van der Waals surface area contributed by atoms with Crippen LogP contribution in [0.2, 0.25) is 0 Å². The summed E-state index contributed by atoms with van der Waals surface area (Å²) in [6, 6.07) is 3.84. The third kappa shape index (κ3) is 1.71. The average Bonchev–Trinajstić information content (AvgIpc) is 2.16. The summed E-state index contributed by atoms with van der Waals surface area (Å²) < 4.78 is 0. The highest BCUT2D eigenvalue weighted by Crippen LogP contribution is 2.13. The Kier molecular flexibility index (Phi) is 3.00. The molecule has 0 amide bonds. The summed E-state index contributed by atoms with van der Waals surface area (Å²) >= 11 is 0. The molecule has 2 heteroatoms. The van der Waals surface area contributed by atoms with Crippen LogP contribution in [0.5, 0.6) is 0 Å². The highest BCUT2D eigenvalue weighted by Gasteiger charge is 2.06. The fourth-order valence-electron chi connectivity index (χ4n) is 1.16. The first-order valence-corrected chi connectivity index (χ1v) is 4.11. The maximum atomic E-state index is 5.79. The number of hydrogen-bond donors (Lipinski definition) is 1. The molecule has 1 aromatic heterocycles. The lowest BCUT2D eigenvalue weighted by Gasteiger charge is -2.09. The van der Waals surface area contributed by atoms with Crippen LogP contribution in [0.4, 0.5) is 0 Å². The molecule has 0 aromatic carbocycles. The molecular formula is C10H14N2. The van der Waals surface area contributed by atoms with E-state index >= 15 is 0 Å². The highest BCUT2D eigenvalue weighted by molar-refractivity contribution is 5.24. The van der Waals surface area contributed by atoms with Gasteiger partial charge in [-0.15, -0.1) is 6.58 Å². The van der Waals surface area contributed by atoms with Crippen molar-refractivity contribution in [1.82, 2.24) is 4.98 Å². The minimum absolute atomic E-state index is 0.138. The lowest BCUT2D eigenvalue weighted by molar-refractivity contribution is 0.836. The Morgan fingerprint density at radius 2 is 2.50 bits per heavy atom. The van der Waals surface area contributed by atoms with Crippen LogP contribution in [0.3, 0.4) is 0 Å². The van der Waals surface area contributed by atoms with E-state index in [4.69, 9.17) is 5.73 Å². The van der Waals surface area contributed by atoms with Crippen molar-refractivity contribution in [3.05, 3.63) is 42.2 Å². The molecule has 2 N–H and O–H groups in total. The molecule has 1 rings (SSSR count). The maximum absolute atomic E-state index is 5.79. The van der Waals surface area contributed by atoms with Crippen LogP contribution in [-0.4, -0.2) is 4.98 Å². The molecule has 0 aliphatic carbocycles. The first-order chi connectivity index (χ1) is 5.79. The fourth-order valence-corrected chi connectivity index (χ4v) is 1.16. The summed E-state index contributed by atoms with van der Waals surface area (Å²) in [6.45, 7) is 5.74. The van der Waals surface area contributed by atoms with Gasteiger partial charge in [-0.2, -0.15) is 0 Å². The molecule has 1 heterocycles. The van der Waals surface area contributed by atoms with Crippen molar-refractivity contribution < 1.29 is 0 Å².